The SMILES string of the molecule is CC(C(=O)O)N1CCN(C(=O)c2ccc(F)nc2)CC1. The molecule has 1 amide bonds. The third kappa shape index (κ3) is 3.11. The molecule has 1 unspecified atom stereocenters. The zero-order valence-corrected chi connectivity index (χ0v) is 11.1. The Balaban J connectivity index is 1.95. The van der Waals surface area contributed by atoms with E-state index in [2.05, 4.69) is 4.98 Å². The highest BCUT2D eigenvalue weighted by molar-refractivity contribution is 5.94. The molecule has 20 heavy (non-hydrogen) atoms. The summed E-state index contributed by atoms with van der Waals surface area (Å²) in [4.78, 5) is 30.0. The van der Waals surface area contributed by atoms with Crippen molar-refractivity contribution in [2.45, 2.75) is 13.0 Å². The molecule has 6 nitrogen and oxygen atoms in total. The summed E-state index contributed by atoms with van der Waals surface area (Å²) in [5, 5.41) is 8.95. The third-order valence-electron chi connectivity index (χ3n) is 3.48. The summed E-state index contributed by atoms with van der Waals surface area (Å²) in [5.41, 5.74) is 0.339. The van der Waals surface area contributed by atoms with Crippen LogP contribution >= 0.6 is 0 Å². The van der Waals surface area contributed by atoms with E-state index in [0.29, 0.717) is 31.7 Å². The Bertz CT molecular complexity index is 498. The number of hydrogen-bond acceptors (Lipinski definition) is 4. The Morgan fingerprint density at radius 1 is 1.30 bits per heavy atom. The average molecular weight is 281 g/mol. The maximum atomic E-state index is 12.7. The van der Waals surface area contributed by atoms with Crippen LogP contribution in [0.1, 0.15) is 17.3 Å². The van der Waals surface area contributed by atoms with E-state index < -0.39 is 18.0 Å². The average Bonchev–Trinajstić information content (AvgIpc) is 2.46. The van der Waals surface area contributed by atoms with E-state index in [0.717, 1.165) is 6.07 Å². The minimum atomic E-state index is -0.868. The fraction of sp³-hybridized carbons (Fsp3) is 0.462. The number of halogens is 1. The van der Waals surface area contributed by atoms with Gasteiger partial charge in [0.05, 0.1) is 5.56 Å². The summed E-state index contributed by atoms with van der Waals surface area (Å²) in [6, 6.07) is 1.99. The van der Waals surface area contributed by atoms with Crippen LogP contribution in [-0.2, 0) is 4.79 Å². The third-order valence-corrected chi connectivity index (χ3v) is 3.48. The Morgan fingerprint density at radius 3 is 2.45 bits per heavy atom. The predicted molar refractivity (Wildman–Crippen MR) is 68.8 cm³/mol. The van der Waals surface area contributed by atoms with Gasteiger partial charge in [-0.15, -0.1) is 0 Å². The minimum absolute atomic E-state index is 0.208. The molecule has 1 aromatic heterocycles. The minimum Gasteiger partial charge on any atom is -0.480 e. The van der Waals surface area contributed by atoms with Gasteiger partial charge in [0.2, 0.25) is 5.95 Å². The van der Waals surface area contributed by atoms with Gasteiger partial charge in [-0.25, -0.2) is 4.98 Å². The summed E-state index contributed by atoms with van der Waals surface area (Å²) < 4.78 is 12.7. The van der Waals surface area contributed by atoms with Crippen molar-refractivity contribution in [1.82, 2.24) is 14.8 Å². The van der Waals surface area contributed by atoms with Gasteiger partial charge in [0.15, 0.2) is 0 Å². The first-order valence-electron chi connectivity index (χ1n) is 6.36. The fourth-order valence-corrected chi connectivity index (χ4v) is 2.15. The fourth-order valence-electron chi connectivity index (χ4n) is 2.15. The summed E-state index contributed by atoms with van der Waals surface area (Å²) in [7, 11) is 0. The van der Waals surface area contributed by atoms with Gasteiger partial charge in [-0.05, 0) is 19.1 Å². The van der Waals surface area contributed by atoms with E-state index in [-0.39, 0.29) is 5.91 Å². The van der Waals surface area contributed by atoms with Crippen LogP contribution in [0.2, 0.25) is 0 Å². The molecule has 0 aromatic carbocycles. The second kappa shape index (κ2) is 5.96. The molecule has 0 saturated carbocycles. The van der Waals surface area contributed by atoms with Crippen LogP contribution in [0.15, 0.2) is 18.3 Å². The number of carboxylic acids is 1. The quantitative estimate of drug-likeness (QED) is 0.814. The van der Waals surface area contributed by atoms with E-state index >= 15 is 0 Å². The number of carbonyl (C=O) groups is 2. The smallest absolute Gasteiger partial charge is 0.320 e. The van der Waals surface area contributed by atoms with Crippen molar-refractivity contribution in [1.29, 1.82) is 0 Å². The molecule has 1 atom stereocenters. The second-order valence-electron chi connectivity index (χ2n) is 4.71. The monoisotopic (exact) mass is 281 g/mol. The van der Waals surface area contributed by atoms with Crippen LogP contribution in [0.5, 0.6) is 0 Å². The number of nitrogens with zero attached hydrogens (tertiary/aromatic N) is 3. The van der Waals surface area contributed by atoms with Crippen LogP contribution in [0.4, 0.5) is 4.39 Å². The van der Waals surface area contributed by atoms with Gasteiger partial charge in [-0.1, -0.05) is 0 Å². The number of amides is 1. The highest BCUT2D eigenvalue weighted by atomic mass is 19.1. The lowest BCUT2D eigenvalue weighted by atomic mass is 10.2. The Labute approximate surface area is 115 Å². The molecule has 1 saturated heterocycles. The molecule has 2 rings (SSSR count). The number of rotatable bonds is 3. The number of carbonyl (C=O) groups excluding carboxylic acids is 1. The summed E-state index contributed by atoms with van der Waals surface area (Å²) in [6.07, 6.45) is 1.21. The molecule has 0 aliphatic carbocycles. The molecule has 1 aliphatic heterocycles. The molecule has 2 heterocycles. The van der Waals surface area contributed by atoms with Gasteiger partial charge in [-0.3, -0.25) is 14.5 Å². The number of aliphatic carboxylic acids is 1. The lowest BCUT2D eigenvalue weighted by Crippen LogP contribution is -2.53. The van der Waals surface area contributed by atoms with Crippen molar-refractivity contribution in [3.05, 3.63) is 29.8 Å². The predicted octanol–water partition coefficient (Wildman–Crippen LogP) is 0.452. The number of piperazine rings is 1. The van der Waals surface area contributed by atoms with E-state index in [1.165, 1.54) is 12.3 Å². The number of carboxylic acid groups (broad SMARTS) is 1. The molecule has 1 N–H and O–H groups in total. The molecular formula is C13H16FN3O3. The van der Waals surface area contributed by atoms with Gasteiger partial charge in [-0.2, -0.15) is 4.39 Å². The topological polar surface area (TPSA) is 73.7 Å². The van der Waals surface area contributed by atoms with Crippen molar-refractivity contribution in [3.8, 4) is 0 Å². The maximum absolute atomic E-state index is 12.7. The Kier molecular flexibility index (Phi) is 4.29. The van der Waals surface area contributed by atoms with Crippen LogP contribution < -0.4 is 0 Å². The van der Waals surface area contributed by atoms with Crippen molar-refractivity contribution in [2.24, 2.45) is 0 Å². The zero-order valence-electron chi connectivity index (χ0n) is 11.1. The lowest BCUT2D eigenvalue weighted by Gasteiger charge is -2.36. The van der Waals surface area contributed by atoms with E-state index in [4.69, 9.17) is 5.11 Å². The normalized spacial score (nSPS) is 17.8. The molecule has 108 valence electrons. The molecule has 7 heteroatoms. The van der Waals surface area contributed by atoms with Crippen LogP contribution in [0, 0.1) is 5.95 Å². The molecule has 0 radical (unpaired) electrons. The number of aromatic nitrogens is 1. The summed E-state index contributed by atoms with van der Waals surface area (Å²) in [5.74, 6) is -1.70. The number of pyridine rings is 1. The van der Waals surface area contributed by atoms with Crippen molar-refractivity contribution in [3.63, 3.8) is 0 Å². The highest BCUT2D eigenvalue weighted by Gasteiger charge is 2.27. The van der Waals surface area contributed by atoms with E-state index in [9.17, 15) is 14.0 Å². The van der Waals surface area contributed by atoms with E-state index in [1.807, 2.05) is 4.90 Å². The van der Waals surface area contributed by atoms with Crippen LogP contribution in [0.3, 0.4) is 0 Å². The first-order valence-corrected chi connectivity index (χ1v) is 6.36. The van der Waals surface area contributed by atoms with Gasteiger partial charge >= 0.3 is 5.97 Å². The highest BCUT2D eigenvalue weighted by Crippen LogP contribution is 2.10. The molecule has 1 fully saturated rings. The maximum Gasteiger partial charge on any atom is 0.320 e. The van der Waals surface area contributed by atoms with Crippen LogP contribution in [-0.4, -0.2) is 64.0 Å². The van der Waals surface area contributed by atoms with Gasteiger partial charge in [0.25, 0.3) is 5.91 Å². The lowest BCUT2D eigenvalue weighted by molar-refractivity contribution is -0.143. The molecule has 1 aromatic rings. The first-order chi connectivity index (χ1) is 9.49. The molecular weight excluding hydrogens is 265 g/mol. The van der Waals surface area contributed by atoms with Gasteiger partial charge in [0, 0.05) is 32.4 Å². The van der Waals surface area contributed by atoms with Gasteiger partial charge < -0.3 is 10.0 Å². The molecule has 1 aliphatic rings. The first kappa shape index (κ1) is 14.4. The van der Waals surface area contributed by atoms with Crippen molar-refractivity contribution < 1.29 is 19.1 Å². The Hall–Kier alpha value is -2.02. The largest absolute Gasteiger partial charge is 0.480 e. The van der Waals surface area contributed by atoms with Crippen molar-refractivity contribution in [2.75, 3.05) is 26.2 Å². The van der Waals surface area contributed by atoms with Crippen molar-refractivity contribution >= 4 is 11.9 Å². The summed E-state index contributed by atoms with van der Waals surface area (Å²) >= 11 is 0. The molecule has 0 bridgehead atoms. The molecule has 0 spiro atoms. The standard InChI is InChI=1S/C13H16FN3O3/c1-9(13(19)20)16-4-6-17(7-5-16)12(18)10-2-3-11(14)15-8-10/h2-3,8-9H,4-7H2,1H3,(H,19,20). The second-order valence-corrected chi connectivity index (χ2v) is 4.71. The number of hydrogen-bond donors (Lipinski definition) is 1. The Morgan fingerprint density at radius 2 is 1.95 bits per heavy atom. The van der Waals surface area contributed by atoms with Gasteiger partial charge in [0.1, 0.15) is 6.04 Å². The zero-order chi connectivity index (χ0) is 14.7. The summed E-state index contributed by atoms with van der Waals surface area (Å²) in [6.45, 7) is 3.55. The van der Waals surface area contributed by atoms with Crippen LogP contribution in [0.25, 0.3) is 0 Å². The van der Waals surface area contributed by atoms with E-state index in [1.54, 1.807) is 11.8 Å².